The van der Waals surface area contributed by atoms with Gasteiger partial charge < -0.3 is 9.73 Å². The van der Waals surface area contributed by atoms with Crippen LogP contribution >= 0.6 is 23.2 Å². The fourth-order valence-corrected chi connectivity index (χ4v) is 3.57. The van der Waals surface area contributed by atoms with Crippen molar-refractivity contribution in [2.24, 2.45) is 0 Å². The summed E-state index contributed by atoms with van der Waals surface area (Å²) in [5.41, 5.74) is 3.79. The van der Waals surface area contributed by atoms with Gasteiger partial charge in [-0.2, -0.15) is 0 Å². The quantitative estimate of drug-likeness (QED) is 0.515. The number of quaternary nitrogens is 1. The molecule has 3 rings (SSSR count). The first-order valence-electron chi connectivity index (χ1n) is 8.28. The summed E-state index contributed by atoms with van der Waals surface area (Å²) in [6.07, 6.45) is 0. The normalized spacial score (nSPS) is 12.5. The fraction of sp³-hybridized carbons (Fsp3) is 0.250. The second kappa shape index (κ2) is 7.39. The van der Waals surface area contributed by atoms with Crippen LogP contribution in [-0.2, 0) is 6.54 Å². The van der Waals surface area contributed by atoms with Gasteiger partial charge in [0.2, 0.25) is 0 Å². The molecule has 0 saturated heterocycles. The van der Waals surface area contributed by atoms with Crippen LogP contribution < -0.4 is 10.9 Å². The number of fused-ring (bicyclic) bond motifs is 1. The summed E-state index contributed by atoms with van der Waals surface area (Å²) in [4.78, 5) is 12.0. The molecule has 2 aromatic carbocycles. The molecule has 0 aliphatic rings. The summed E-state index contributed by atoms with van der Waals surface area (Å²) in [7, 11) is 0. The largest absolute Gasteiger partial charge is 0.422 e. The smallest absolute Gasteiger partial charge is 0.336 e. The predicted molar refractivity (Wildman–Crippen MR) is 102 cm³/mol. The first-order valence-corrected chi connectivity index (χ1v) is 9.04. The second-order valence-electron chi connectivity index (χ2n) is 6.49. The maximum atomic E-state index is 13.8. The van der Waals surface area contributed by atoms with Crippen LogP contribution in [0.15, 0.2) is 39.5 Å². The van der Waals surface area contributed by atoms with E-state index in [0.29, 0.717) is 22.7 Å². The lowest BCUT2D eigenvalue weighted by atomic mass is 10.0. The topological polar surface area (TPSA) is 46.8 Å². The molecular weight excluding hydrogens is 376 g/mol. The molecule has 1 heterocycles. The van der Waals surface area contributed by atoms with Gasteiger partial charge in [0.15, 0.2) is 0 Å². The van der Waals surface area contributed by atoms with E-state index in [1.807, 2.05) is 38.2 Å². The average Bonchev–Trinajstić information content (AvgIpc) is 2.59. The molecule has 6 heteroatoms. The van der Waals surface area contributed by atoms with Crippen LogP contribution in [0.3, 0.4) is 0 Å². The van der Waals surface area contributed by atoms with Crippen LogP contribution in [0, 0.1) is 19.7 Å². The molecule has 26 heavy (non-hydrogen) atoms. The molecule has 0 saturated carbocycles. The summed E-state index contributed by atoms with van der Waals surface area (Å²) in [6, 6.07) is 8.14. The molecule has 0 unspecified atom stereocenters. The average molecular weight is 395 g/mol. The summed E-state index contributed by atoms with van der Waals surface area (Å²) >= 11 is 12.0. The Hall–Kier alpha value is -1.88. The van der Waals surface area contributed by atoms with Crippen LogP contribution in [0.5, 0.6) is 0 Å². The molecule has 0 fully saturated rings. The Morgan fingerprint density at radius 3 is 2.62 bits per heavy atom. The van der Waals surface area contributed by atoms with Crippen molar-refractivity contribution < 1.29 is 14.1 Å². The molecule has 3 aromatic rings. The van der Waals surface area contributed by atoms with E-state index >= 15 is 0 Å². The molecule has 2 N–H and O–H groups in total. The predicted octanol–water partition coefficient (Wildman–Crippen LogP) is 4.68. The van der Waals surface area contributed by atoms with Crippen molar-refractivity contribution in [1.82, 2.24) is 0 Å². The van der Waals surface area contributed by atoms with Gasteiger partial charge in [-0.15, -0.1) is 0 Å². The van der Waals surface area contributed by atoms with Crippen LogP contribution in [-0.4, -0.2) is 0 Å². The number of nitrogens with two attached hydrogens (primary N) is 1. The highest BCUT2D eigenvalue weighted by Crippen LogP contribution is 2.27. The van der Waals surface area contributed by atoms with Gasteiger partial charge in [0.1, 0.15) is 24.0 Å². The van der Waals surface area contributed by atoms with Crippen molar-refractivity contribution in [3.8, 4) is 0 Å². The Balaban J connectivity index is 1.92. The number of benzene rings is 2. The van der Waals surface area contributed by atoms with Gasteiger partial charge in [-0.1, -0.05) is 35.3 Å². The molecular formula is C20H19Cl2FNO2+. The van der Waals surface area contributed by atoms with Gasteiger partial charge in [0.25, 0.3) is 0 Å². The third-order valence-electron chi connectivity index (χ3n) is 4.74. The Bertz CT molecular complexity index is 1050. The van der Waals surface area contributed by atoms with Crippen molar-refractivity contribution in [2.45, 2.75) is 33.4 Å². The summed E-state index contributed by atoms with van der Waals surface area (Å²) in [5, 5.41) is 3.33. The van der Waals surface area contributed by atoms with Crippen LogP contribution in [0.2, 0.25) is 10.0 Å². The molecule has 3 nitrogen and oxygen atoms in total. The van der Waals surface area contributed by atoms with Gasteiger partial charge >= 0.3 is 5.63 Å². The molecule has 0 radical (unpaired) electrons. The van der Waals surface area contributed by atoms with Gasteiger partial charge in [0.05, 0.1) is 10.0 Å². The lowest BCUT2D eigenvalue weighted by Gasteiger charge is -2.14. The highest BCUT2D eigenvalue weighted by Gasteiger charge is 2.17. The molecule has 136 valence electrons. The molecule has 1 aromatic heterocycles. The number of aryl methyl sites for hydroxylation is 2. The summed E-state index contributed by atoms with van der Waals surface area (Å²) < 4.78 is 19.2. The minimum Gasteiger partial charge on any atom is -0.422 e. The number of halogens is 3. The number of rotatable bonds is 4. The van der Waals surface area contributed by atoms with E-state index in [2.05, 4.69) is 0 Å². The highest BCUT2D eigenvalue weighted by atomic mass is 35.5. The molecule has 0 spiro atoms. The lowest BCUT2D eigenvalue weighted by molar-refractivity contribution is -0.707. The van der Waals surface area contributed by atoms with E-state index in [4.69, 9.17) is 27.6 Å². The van der Waals surface area contributed by atoms with Crippen LogP contribution in [0.1, 0.15) is 35.2 Å². The molecule has 0 amide bonds. The van der Waals surface area contributed by atoms with Gasteiger partial charge in [-0.25, -0.2) is 9.18 Å². The lowest BCUT2D eigenvalue weighted by Crippen LogP contribution is -2.83. The van der Waals surface area contributed by atoms with Crippen molar-refractivity contribution in [2.75, 3.05) is 0 Å². The first-order chi connectivity index (χ1) is 12.3. The van der Waals surface area contributed by atoms with Crippen molar-refractivity contribution in [3.63, 3.8) is 0 Å². The minimum absolute atomic E-state index is 0.00320. The maximum absolute atomic E-state index is 13.8. The maximum Gasteiger partial charge on any atom is 0.336 e. The van der Waals surface area contributed by atoms with E-state index < -0.39 is 5.82 Å². The third kappa shape index (κ3) is 3.63. The van der Waals surface area contributed by atoms with E-state index in [0.717, 1.165) is 22.1 Å². The third-order valence-corrected chi connectivity index (χ3v) is 5.36. The Morgan fingerprint density at radius 1 is 1.15 bits per heavy atom. The Morgan fingerprint density at radius 2 is 1.88 bits per heavy atom. The van der Waals surface area contributed by atoms with Crippen LogP contribution in [0.4, 0.5) is 4.39 Å². The highest BCUT2D eigenvalue weighted by molar-refractivity contribution is 6.35. The standard InChI is InChI=1S/C20H18Cl2FNO2/c1-10-4-5-14-13(6-19(25)26-20(14)11(10)2)9-24-12(3)15-7-18(23)17(22)8-16(15)21/h4-8,12,24H,9H2,1-3H3/p+1/t12-/m1/s1. The fourth-order valence-electron chi connectivity index (χ4n) is 3.01. The first kappa shape index (κ1) is 18.9. The molecule has 0 aliphatic heterocycles. The van der Waals surface area contributed by atoms with Gasteiger partial charge in [-0.3, -0.25) is 0 Å². The molecule has 1 atom stereocenters. The summed E-state index contributed by atoms with van der Waals surface area (Å²) in [5.74, 6) is -0.497. The second-order valence-corrected chi connectivity index (χ2v) is 7.31. The molecule has 0 bridgehead atoms. The SMILES string of the molecule is Cc1ccc2c(C[NH2+][C@H](C)c3cc(F)c(Cl)cc3Cl)cc(=O)oc2c1C. The van der Waals surface area contributed by atoms with E-state index in [9.17, 15) is 9.18 Å². The summed E-state index contributed by atoms with van der Waals surface area (Å²) in [6.45, 7) is 6.38. The number of hydrogen-bond donors (Lipinski definition) is 1. The van der Waals surface area contributed by atoms with Crippen molar-refractivity contribution >= 4 is 34.2 Å². The van der Waals surface area contributed by atoms with Crippen LogP contribution in [0.25, 0.3) is 11.0 Å². The van der Waals surface area contributed by atoms with E-state index in [1.165, 1.54) is 18.2 Å². The van der Waals surface area contributed by atoms with Crippen molar-refractivity contribution in [3.05, 3.63) is 78.9 Å². The zero-order chi connectivity index (χ0) is 19.0. The minimum atomic E-state index is -0.497. The molecule has 0 aliphatic carbocycles. The van der Waals surface area contributed by atoms with Gasteiger partial charge in [0, 0.05) is 22.6 Å². The monoisotopic (exact) mass is 394 g/mol. The van der Waals surface area contributed by atoms with Crippen molar-refractivity contribution in [1.29, 1.82) is 0 Å². The Labute approximate surface area is 160 Å². The zero-order valence-electron chi connectivity index (χ0n) is 14.7. The van der Waals surface area contributed by atoms with E-state index in [-0.39, 0.29) is 16.7 Å². The Kier molecular flexibility index (Phi) is 5.37. The van der Waals surface area contributed by atoms with Gasteiger partial charge in [-0.05, 0) is 44.0 Å². The zero-order valence-corrected chi connectivity index (χ0v) is 16.2. The number of hydrogen-bond acceptors (Lipinski definition) is 2. The van der Waals surface area contributed by atoms with E-state index in [1.54, 1.807) is 0 Å².